The van der Waals surface area contributed by atoms with E-state index in [2.05, 4.69) is 5.32 Å². The van der Waals surface area contributed by atoms with Gasteiger partial charge in [-0.05, 0) is 37.8 Å². The van der Waals surface area contributed by atoms with Crippen LogP contribution in [0.5, 0.6) is 5.75 Å². The third-order valence-corrected chi connectivity index (χ3v) is 2.69. The van der Waals surface area contributed by atoms with E-state index in [1.807, 2.05) is 19.1 Å². The standard InChI is InChI=1S/C11H15NO/c1-8-5-6-10(7-11(8)13)12-9-3-2-4-9/h5-7,9,12-13H,2-4H2,1H3. The van der Waals surface area contributed by atoms with Crippen molar-refractivity contribution in [2.45, 2.75) is 32.2 Å². The number of aromatic hydroxyl groups is 1. The van der Waals surface area contributed by atoms with Crippen molar-refractivity contribution in [3.63, 3.8) is 0 Å². The predicted octanol–water partition coefficient (Wildman–Crippen LogP) is 2.67. The van der Waals surface area contributed by atoms with Crippen molar-refractivity contribution in [2.24, 2.45) is 0 Å². The fourth-order valence-corrected chi connectivity index (χ4v) is 1.49. The van der Waals surface area contributed by atoms with Crippen LogP contribution in [-0.4, -0.2) is 11.1 Å². The molecule has 13 heavy (non-hydrogen) atoms. The molecule has 1 aromatic carbocycles. The molecule has 2 N–H and O–H groups in total. The van der Waals surface area contributed by atoms with Crippen molar-refractivity contribution in [2.75, 3.05) is 5.32 Å². The number of phenolic OH excluding ortho intramolecular Hbond substituents is 1. The van der Waals surface area contributed by atoms with E-state index in [-0.39, 0.29) is 0 Å². The molecule has 0 unspecified atom stereocenters. The molecule has 0 bridgehead atoms. The molecule has 0 amide bonds. The Labute approximate surface area is 78.6 Å². The lowest BCUT2D eigenvalue weighted by molar-refractivity contribution is 0.444. The monoisotopic (exact) mass is 177 g/mol. The number of anilines is 1. The van der Waals surface area contributed by atoms with E-state index in [1.54, 1.807) is 6.07 Å². The topological polar surface area (TPSA) is 32.3 Å². The molecule has 2 rings (SSSR count). The van der Waals surface area contributed by atoms with Gasteiger partial charge in [0.25, 0.3) is 0 Å². The second-order valence-electron chi connectivity index (χ2n) is 3.77. The highest BCUT2D eigenvalue weighted by atomic mass is 16.3. The first-order valence-electron chi connectivity index (χ1n) is 4.82. The molecule has 0 atom stereocenters. The lowest BCUT2D eigenvalue weighted by Crippen LogP contribution is -2.26. The number of phenols is 1. The largest absolute Gasteiger partial charge is 0.508 e. The number of nitrogens with one attached hydrogen (secondary N) is 1. The zero-order valence-corrected chi connectivity index (χ0v) is 7.88. The Kier molecular flexibility index (Phi) is 2.13. The first-order valence-corrected chi connectivity index (χ1v) is 4.82. The molecule has 1 saturated carbocycles. The summed E-state index contributed by atoms with van der Waals surface area (Å²) in [6.07, 6.45) is 3.85. The molecule has 0 heterocycles. The summed E-state index contributed by atoms with van der Waals surface area (Å²) in [5.41, 5.74) is 1.96. The average molecular weight is 177 g/mol. The maximum atomic E-state index is 9.46. The predicted molar refractivity (Wildman–Crippen MR) is 54.1 cm³/mol. The molecule has 0 saturated heterocycles. The lowest BCUT2D eigenvalue weighted by atomic mass is 9.93. The van der Waals surface area contributed by atoms with Gasteiger partial charge in [-0.1, -0.05) is 6.07 Å². The van der Waals surface area contributed by atoms with Gasteiger partial charge in [0.1, 0.15) is 5.75 Å². The van der Waals surface area contributed by atoms with E-state index in [9.17, 15) is 5.11 Å². The average Bonchev–Trinajstić information content (AvgIpc) is 2.04. The van der Waals surface area contributed by atoms with Crippen molar-refractivity contribution in [3.05, 3.63) is 23.8 Å². The van der Waals surface area contributed by atoms with E-state index in [0.717, 1.165) is 11.3 Å². The minimum atomic E-state index is 0.379. The van der Waals surface area contributed by atoms with Crippen LogP contribution in [0.1, 0.15) is 24.8 Å². The molecular formula is C11H15NO. The lowest BCUT2D eigenvalue weighted by Gasteiger charge is -2.27. The van der Waals surface area contributed by atoms with Crippen molar-refractivity contribution in [1.82, 2.24) is 0 Å². The summed E-state index contributed by atoms with van der Waals surface area (Å²) in [6, 6.07) is 6.39. The molecular weight excluding hydrogens is 162 g/mol. The van der Waals surface area contributed by atoms with Crippen LogP contribution in [0.2, 0.25) is 0 Å². The van der Waals surface area contributed by atoms with Crippen LogP contribution in [0.3, 0.4) is 0 Å². The second-order valence-corrected chi connectivity index (χ2v) is 3.77. The van der Waals surface area contributed by atoms with Gasteiger partial charge in [0, 0.05) is 17.8 Å². The number of rotatable bonds is 2. The Bertz CT molecular complexity index is 305. The first-order chi connectivity index (χ1) is 6.25. The molecule has 1 aromatic rings. The first kappa shape index (κ1) is 8.42. The van der Waals surface area contributed by atoms with Crippen molar-refractivity contribution in [1.29, 1.82) is 0 Å². The normalized spacial score (nSPS) is 16.7. The Hall–Kier alpha value is -1.18. The van der Waals surface area contributed by atoms with Gasteiger partial charge in [-0.3, -0.25) is 0 Å². The van der Waals surface area contributed by atoms with Crippen LogP contribution in [-0.2, 0) is 0 Å². The van der Waals surface area contributed by atoms with Gasteiger partial charge in [0.15, 0.2) is 0 Å². The van der Waals surface area contributed by atoms with Crippen LogP contribution >= 0.6 is 0 Å². The molecule has 0 aliphatic heterocycles. The minimum Gasteiger partial charge on any atom is -0.508 e. The Morgan fingerprint density at radius 2 is 2.15 bits per heavy atom. The maximum absolute atomic E-state index is 9.46. The summed E-state index contributed by atoms with van der Waals surface area (Å²) in [5.74, 6) is 0.379. The number of aryl methyl sites for hydroxylation is 1. The molecule has 0 aromatic heterocycles. The highest BCUT2D eigenvalue weighted by Crippen LogP contribution is 2.26. The van der Waals surface area contributed by atoms with Gasteiger partial charge < -0.3 is 10.4 Å². The van der Waals surface area contributed by atoms with Gasteiger partial charge in [0.2, 0.25) is 0 Å². The van der Waals surface area contributed by atoms with E-state index in [0.29, 0.717) is 11.8 Å². The molecule has 70 valence electrons. The smallest absolute Gasteiger partial charge is 0.120 e. The molecule has 1 fully saturated rings. The van der Waals surface area contributed by atoms with Gasteiger partial charge >= 0.3 is 0 Å². The molecule has 1 aliphatic rings. The van der Waals surface area contributed by atoms with Gasteiger partial charge in [-0.2, -0.15) is 0 Å². The van der Waals surface area contributed by atoms with Gasteiger partial charge in [-0.15, -0.1) is 0 Å². The number of hydrogen-bond acceptors (Lipinski definition) is 2. The van der Waals surface area contributed by atoms with Crippen molar-refractivity contribution >= 4 is 5.69 Å². The van der Waals surface area contributed by atoms with Gasteiger partial charge in [-0.25, -0.2) is 0 Å². The van der Waals surface area contributed by atoms with Crippen LogP contribution in [0.25, 0.3) is 0 Å². The van der Waals surface area contributed by atoms with Crippen LogP contribution in [0.4, 0.5) is 5.69 Å². The number of hydrogen-bond donors (Lipinski definition) is 2. The van der Waals surface area contributed by atoms with Crippen LogP contribution < -0.4 is 5.32 Å². The van der Waals surface area contributed by atoms with Crippen molar-refractivity contribution in [3.8, 4) is 5.75 Å². The minimum absolute atomic E-state index is 0.379. The van der Waals surface area contributed by atoms with Crippen LogP contribution in [0, 0.1) is 6.92 Å². The second kappa shape index (κ2) is 3.29. The molecule has 1 aliphatic carbocycles. The maximum Gasteiger partial charge on any atom is 0.120 e. The fraction of sp³-hybridized carbons (Fsp3) is 0.455. The molecule has 2 nitrogen and oxygen atoms in total. The summed E-state index contributed by atoms with van der Waals surface area (Å²) in [4.78, 5) is 0. The van der Waals surface area contributed by atoms with Crippen LogP contribution in [0.15, 0.2) is 18.2 Å². The third kappa shape index (κ3) is 1.77. The van der Waals surface area contributed by atoms with Crippen molar-refractivity contribution < 1.29 is 5.11 Å². The summed E-state index contributed by atoms with van der Waals surface area (Å²) in [7, 11) is 0. The van der Waals surface area contributed by atoms with E-state index in [1.165, 1.54) is 19.3 Å². The molecule has 0 radical (unpaired) electrons. The zero-order valence-electron chi connectivity index (χ0n) is 7.88. The Morgan fingerprint density at radius 3 is 2.69 bits per heavy atom. The Morgan fingerprint density at radius 1 is 1.38 bits per heavy atom. The molecule has 0 spiro atoms. The Balaban J connectivity index is 2.07. The summed E-state index contributed by atoms with van der Waals surface area (Å²) >= 11 is 0. The fourth-order valence-electron chi connectivity index (χ4n) is 1.49. The quantitative estimate of drug-likeness (QED) is 0.728. The highest BCUT2D eigenvalue weighted by Gasteiger charge is 2.16. The third-order valence-electron chi connectivity index (χ3n) is 2.69. The van der Waals surface area contributed by atoms with Gasteiger partial charge in [0.05, 0.1) is 0 Å². The number of benzene rings is 1. The SMILES string of the molecule is Cc1ccc(NC2CCC2)cc1O. The highest BCUT2D eigenvalue weighted by molar-refractivity contribution is 5.51. The summed E-state index contributed by atoms with van der Waals surface area (Å²) < 4.78 is 0. The molecule has 2 heteroatoms. The van der Waals surface area contributed by atoms with E-state index >= 15 is 0 Å². The summed E-state index contributed by atoms with van der Waals surface area (Å²) in [5, 5.41) is 12.9. The van der Waals surface area contributed by atoms with E-state index in [4.69, 9.17) is 0 Å². The zero-order chi connectivity index (χ0) is 9.26. The summed E-state index contributed by atoms with van der Waals surface area (Å²) in [6.45, 7) is 1.91. The van der Waals surface area contributed by atoms with E-state index < -0.39 is 0 Å².